The molecule has 25 heavy (non-hydrogen) atoms. The second-order valence-corrected chi connectivity index (χ2v) is 20.7. The first kappa shape index (κ1) is 25.2. The minimum atomic E-state index is -0.827. The molecule has 0 aromatic carbocycles. The van der Waals surface area contributed by atoms with Gasteiger partial charge in [-0.15, -0.1) is 21.8 Å². The van der Waals surface area contributed by atoms with E-state index in [4.69, 9.17) is 4.74 Å². The molecule has 0 saturated heterocycles. The zero-order chi connectivity index (χ0) is 19.0. The van der Waals surface area contributed by atoms with Crippen LogP contribution in [0, 0.1) is 0 Å². The summed E-state index contributed by atoms with van der Waals surface area (Å²) >= 11 is 2.70. The Balaban J connectivity index is 3.12. The molecule has 4 heteroatoms. The second kappa shape index (κ2) is 16.3. The Bertz CT molecular complexity index is 350. The molecule has 0 heterocycles. The predicted octanol–water partition coefficient (Wildman–Crippen LogP) is 7.82. The van der Waals surface area contributed by atoms with Crippen molar-refractivity contribution in [3.8, 4) is 0 Å². The molecule has 0 aliphatic heterocycles. The van der Waals surface area contributed by atoms with E-state index in [1.807, 2.05) is 0 Å². The lowest BCUT2D eigenvalue weighted by Gasteiger charge is -2.12. The molecule has 0 N–H and O–H groups in total. The Morgan fingerprint density at radius 1 is 0.800 bits per heavy atom. The monoisotopic (exact) mass is 480 g/mol. The Labute approximate surface area is 170 Å². The fraction of sp³-hybridized carbons (Fsp3) is 0.857. The maximum absolute atomic E-state index is 11.2. The first-order valence-corrected chi connectivity index (χ1v) is 16.7. The molecule has 0 aliphatic carbocycles. The molecule has 0 rings (SSSR count). The average Bonchev–Trinajstić information content (AvgIpc) is 2.53. The highest BCUT2D eigenvalue weighted by atomic mass is 127. The summed E-state index contributed by atoms with van der Waals surface area (Å²) in [5, 5.41) is 0. The third-order valence-corrected chi connectivity index (χ3v) is 7.66. The van der Waals surface area contributed by atoms with Gasteiger partial charge in [-0.1, -0.05) is 96.7 Å². The summed E-state index contributed by atoms with van der Waals surface area (Å²) < 4.78 is 5.09. The van der Waals surface area contributed by atoms with Crippen LogP contribution in [-0.4, -0.2) is 18.1 Å². The molecule has 0 spiro atoms. The highest BCUT2D eigenvalue weighted by molar-refractivity contribution is 14.1. The van der Waals surface area contributed by atoms with Crippen molar-refractivity contribution in [1.82, 2.24) is 0 Å². The van der Waals surface area contributed by atoms with Crippen LogP contribution in [0.3, 0.4) is 0 Å². The Morgan fingerprint density at radius 3 is 1.52 bits per heavy atom. The second-order valence-electron chi connectivity index (χ2n) is 7.98. The molecule has 0 aromatic rings. The van der Waals surface area contributed by atoms with Gasteiger partial charge in [0.2, 0.25) is 0 Å². The van der Waals surface area contributed by atoms with E-state index in [9.17, 15) is 4.79 Å². The Kier molecular flexibility index (Phi) is 16.4. The quantitative estimate of drug-likeness (QED) is 0.0530. The Hall–Kier alpha value is 0.157. The summed E-state index contributed by atoms with van der Waals surface area (Å²) in [4.78, 5) is 11.2. The number of rotatable bonds is 17. The molecular weight excluding hydrogens is 439 g/mol. The first-order valence-electron chi connectivity index (χ1n) is 10.3. The van der Waals surface area contributed by atoms with Crippen LogP contribution in [0.1, 0.15) is 90.4 Å². The number of unbranched alkanes of at least 4 members (excludes halogenated alkanes) is 12. The number of halogens is 1. The van der Waals surface area contributed by atoms with Crippen molar-refractivity contribution in [1.29, 1.82) is 0 Å². The molecule has 0 unspecified atom stereocenters. The van der Waals surface area contributed by atoms with Crippen LogP contribution in [0.25, 0.3) is 0 Å². The summed E-state index contributed by atoms with van der Waals surface area (Å²) in [6, 6.07) is 1.49. The van der Waals surface area contributed by atoms with Crippen molar-refractivity contribution in [2.75, 3.05) is 6.61 Å². The maximum Gasteiger partial charge on any atom is 0.333 e. The zero-order valence-corrected chi connectivity index (χ0v) is 20.2. The van der Waals surface area contributed by atoms with Crippen molar-refractivity contribution in [3.63, 3.8) is 0 Å². The maximum atomic E-state index is 11.2. The van der Waals surface area contributed by atoms with Gasteiger partial charge in [-0.05, 0) is 19.4 Å². The van der Waals surface area contributed by atoms with Crippen molar-refractivity contribution in [2.24, 2.45) is 0 Å². The van der Waals surface area contributed by atoms with Crippen molar-refractivity contribution < 1.29 is 9.53 Å². The highest BCUT2D eigenvalue weighted by Crippen LogP contribution is 2.21. The summed E-state index contributed by atoms with van der Waals surface area (Å²) in [6.07, 6.45) is 17.5. The molecule has 148 valence electrons. The van der Waals surface area contributed by atoms with E-state index in [0.717, 1.165) is 6.42 Å². The minimum Gasteiger partial charge on any atom is -0.462 e. The van der Waals surface area contributed by atoms with Crippen molar-refractivity contribution >= 4 is 33.3 Å². The van der Waals surface area contributed by atoms with E-state index in [2.05, 4.69) is 41.5 Å². The number of hydrogen-bond donors (Lipinski definition) is 0. The van der Waals surface area contributed by atoms with Gasteiger partial charge in [-0.25, -0.2) is 4.79 Å². The van der Waals surface area contributed by atoms with Gasteiger partial charge in [-0.3, -0.25) is 0 Å². The third-order valence-electron chi connectivity index (χ3n) is 4.50. The van der Waals surface area contributed by atoms with E-state index in [1.165, 1.54) is 83.1 Å². The zero-order valence-electron chi connectivity index (χ0n) is 17.0. The van der Waals surface area contributed by atoms with Gasteiger partial charge in [-0.2, -0.15) is 0 Å². The minimum absolute atomic E-state index is 0.254. The van der Waals surface area contributed by atoms with E-state index < -0.39 is 5.57 Å². The van der Waals surface area contributed by atoms with Crippen LogP contribution < -0.4 is 0 Å². The fourth-order valence-electron chi connectivity index (χ4n) is 2.88. The van der Waals surface area contributed by atoms with E-state index in [0.29, 0.717) is 12.2 Å². The summed E-state index contributed by atoms with van der Waals surface area (Å²) in [6.45, 7) is 10.7. The molecule has 0 aromatic heterocycles. The summed E-state index contributed by atoms with van der Waals surface area (Å²) in [7, 11) is 0. The number of esters is 1. The molecular formula is C21H41IO2Si. The molecule has 0 atom stereocenters. The van der Waals surface area contributed by atoms with Crippen LogP contribution in [0.2, 0.25) is 19.1 Å². The third kappa shape index (κ3) is 20.3. The first-order chi connectivity index (χ1) is 11.8. The summed E-state index contributed by atoms with van der Waals surface area (Å²) in [5.41, 5.74) is -0.335. The number of ether oxygens (including phenoxy) is 1. The predicted molar refractivity (Wildman–Crippen MR) is 122 cm³/mol. The van der Waals surface area contributed by atoms with Gasteiger partial charge in [0.15, 0.2) is 0 Å². The fourth-order valence-corrected chi connectivity index (χ4v) is 5.11. The normalized spacial score (nSPS) is 11.5. The number of hydrogen-bond acceptors (Lipinski definition) is 2. The molecule has 0 radical (unpaired) electrons. The van der Waals surface area contributed by atoms with Gasteiger partial charge in [0.25, 0.3) is 0 Å². The average molecular weight is 481 g/mol. The number of carbonyl (C=O) groups is 1. The lowest BCUT2D eigenvalue weighted by molar-refractivity contribution is -0.139. The molecule has 0 fully saturated rings. The van der Waals surface area contributed by atoms with Crippen LogP contribution in [0.5, 0.6) is 0 Å². The van der Waals surface area contributed by atoms with Gasteiger partial charge in [0.05, 0.1) is 6.61 Å². The van der Waals surface area contributed by atoms with Crippen molar-refractivity contribution in [2.45, 2.75) is 110 Å². The van der Waals surface area contributed by atoms with Crippen LogP contribution >= 0.6 is 21.8 Å². The molecule has 0 amide bonds. The number of carbonyl (C=O) groups excluding carboxylic acids is 1. The topological polar surface area (TPSA) is 26.3 Å². The van der Waals surface area contributed by atoms with Gasteiger partial charge >= 0.3 is 5.97 Å². The largest absolute Gasteiger partial charge is 0.462 e. The smallest absolute Gasteiger partial charge is 0.333 e. The lowest BCUT2D eigenvalue weighted by atomic mass is 10.0. The summed E-state index contributed by atoms with van der Waals surface area (Å²) in [5.74, 6) is -0.254. The van der Waals surface area contributed by atoms with Gasteiger partial charge in [0, 0.05) is 5.57 Å². The Morgan fingerprint density at radius 2 is 1.16 bits per heavy atom. The lowest BCUT2D eigenvalue weighted by Crippen LogP contribution is -2.13. The van der Waals surface area contributed by atoms with E-state index >= 15 is 0 Å². The standard InChI is InChI=1S/C21H41IO2Si/c1-20(2)21(23)24-18-16-14-12-10-8-6-5-7-9-11-13-15-17-19-25(3,4)22/h1,5-19H2,2-4H3. The molecule has 0 bridgehead atoms. The molecule has 2 nitrogen and oxygen atoms in total. The van der Waals surface area contributed by atoms with Gasteiger partial charge < -0.3 is 4.74 Å². The van der Waals surface area contributed by atoms with Gasteiger partial charge in [0.1, 0.15) is 5.57 Å². The van der Waals surface area contributed by atoms with Crippen LogP contribution in [0.4, 0.5) is 0 Å². The van der Waals surface area contributed by atoms with Crippen LogP contribution in [-0.2, 0) is 9.53 Å². The molecule has 0 aliphatic rings. The van der Waals surface area contributed by atoms with Crippen LogP contribution in [0.15, 0.2) is 12.2 Å². The molecule has 0 saturated carbocycles. The SMILES string of the molecule is C=C(C)C(=O)OCCCCCCCCCCCCCCC[Si](C)(C)I. The van der Waals surface area contributed by atoms with E-state index in [1.54, 1.807) is 6.92 Å². The highest BCUT2D eigenvalue weighted by Gasteiger charge is 2.14. The van der Waals surface area contributed by atoms with Crippen molar-refractivity contribution in [3.05, 3.63) is 12.2 Å². The van der Waals surface area contributed by atoms with E-state index in [-0.39, 0.29) is 5.97 Å².